The van der Waals surface area contributed by atoms with Crippen molar-refractivity contribution in [2.24, 2.45) is 0 Å². The Kier molecular flexibility index (Phi) is 5.50. The minimum absolute atomic E-state index is 0.0547. The highest BCUT2D eigenvalue weighted by atomic mass is 16.6. The van der Waals surface area contributed by atoms with Crippen LogP contribution in [0.2, 0.25) is 0 Å². The molecule has 0 saturated heterocycles. The van der Waals surface area contributed by atoms with Crippen LogP contribution in [0, 0.1) is 0 Å². The van der Waals surface area contributed by atoms with E-state index in [1.165, 1.54) is 0 Å². The first-order chi connectivity index (χ1) is 15.7. The number of benzene rings is 3. The number of carbonyl (C=O) groups is 1. The standard InChI is InChI=1S/C26H25N3O3/c1-28(17-20-18-31-23-13-7-8-14-24(23)32-20)26(30)16-15-25-27-21-11-5-6-12-22(21)29(25)19-9-3-2-4-10-19/h2-14,20H,15-18H2,1H3. The molecule has 1 aromatic heterocycles. The quantitative estimate of drug-likeness (QED) is 0.462. The highest BCUT2D eigenvalue weighted by Crippen LogP contribution is 2.31. The number of nitrogens with zero attached hydrogens (tertiary/aromatic N) is 3. The third-order valence-electron chi connectivity index (χ3n) is 5.68. The van der Waals surface area contributed by atoms with E-state index >= 15 is 0 Å². The molecule has 0 fully saturated rings. The average Bonchev–Trinajstić information content (AvgIpc) is 3.21. The minimum atomic E-state index is -0.187. The van der Waals surface area contributed by atoms with E-state index < -0.39 is 0 Å². The third kappa shape index (κ3) is 4.04. The van der Waals surface area contributed by atoms with Crippen molar-refractivity contribution in [2.75, 3.05) is 20.2 Å². The molecule has 5 rings (SSSR count). The Bertz CT molecular complexity index is 1240. The number of imidazole rings is 1. The molecule has 0 N–H and O–H groups in total. The zero-order chi connectivity index (χ0) is 21.9. The van der Waals surface area contributed by atoms with Gasteiger partial charge < -0.3 is 14.4 Å². The van der Waals surface area contributed by atoms with E-state index in [1.807, 2.05) is 67.7 Å². The van der Waals surface area contributed by atoms with Gasteiger partial charge in [0.05, 0.1) is 17.6 Å². The Hall–Kier alpha value is -3.80. The maximum absolute atomic E-state index is 12.9. The summed E-state index contributed by atoms with van der Waals surface area (Å²) in [5.74, 6) is 2.41. The smallest absolute Gasteiger partial charge is 0.222 e. The first kappa shape index (κ1) is 20.1. The lowest BCUT2D eigenvalue weighted by molar-refractivity contribution is -0.131. The Balaban J connectivity index is 1.27. The van der Waals surface area contributed by atoms with Crippen molar-refractivity contribution in [3.63, 3.8) is 0 Å². The second-order valence-corrected chi connectivity index (χ2v) is 7.96. The number of hydrogen-bond donors (Lipinski definition) is 0. The fraction of sp³-hybridized carbons (Fsp3) is 0.231. The number of amides is 1. The molecule has 0 saturated carbocycles. The summed E-state index contributed by atoms with van der Waals surface area (Å²) in [5, 5.41) is 0. The molecule has 0 aliphatic carbocycles. The van der Waals surface area contributed by atoms with Gasteiger partial charge in [-0.15, -0.1) is 0 Å². The van der Waals surface area contributed by atoms with Crippen LogP contribution in [0.3, 0.4) is 0 Å². The van der Waals surface area contributed by atoms with Crippen molar-refractivity contribution < 1.29 is 14.3 Å². The maximum Gasteiger partial charge on any atom is 0.222 e. The van der Waals surface area contributed by atoms with Crippen LogP contribution < -0.4 is 9.47 Å². The number of likely N-dealkylation sites (N-methyl/N-ethyl adjacent to an activating group) is 1. The molecule has 4 aromatic rings. The molecule has 0 spiro atoms. The van der Waals surface area contributed by atoms with Gasteiger partial charge >= 0.3 is 0 Å². The molecule has 0 radical (unpaired) electrons. The Labute approximate surface area is 187 Å². The normalized spacial score (nSPS) is 15.0. The van der Waals surface area contributed by atoms with E-state index in [0.717, 1.165) is 34.0 Å². The van der Waals surface area contributed by atoms with Gasteiger partial charge in [-0.25, -0.2) is 4.98 Å². The molecule has 32 heavy (non-hydrogen) atoms. The number of ether oxygens (including phenoxy) is 2. The Morgan fingerprint density at radius 3 is 2.56 bits per heavy atom. The summed E-state index contributed by atoms with van der Waals surface area (Å²) in [6.45, 7) is 0.903. The number of carbonyl (C=O) groups excluding carboxylic acids is 1. The topological polar surface area (TPSA) is 56.6 Å². The molecule has 1 atom stereocenters. The zero-order valence-corrected chi connectivity index (χ0v) is 18.0. The lowest BCUT2D eigenvalue weighted by Gasteiger charge is -2.29. The average molecular weight is 428 g/mol. The molecule has 6 heteroatoms. The highest BCUT2D eigenvalue weighted by Gasteiger charge is 2.24. The maximum atomic E-state index is 12.9. The zero-order valence-electron chi connectivity index (χ0n) is 18.0. The fourth-order valence-corrected chi connectivity index (χ4v) is 4.08. The summed E-state index contributed by atoms with van der Waals surface area (Å²) in [7, 11) is 1.81. The number of hydrogen-bond acceptors (Lipinski definition) is 4. The summed E-state index contributed by atoms with van der Waals surface area (Å²) in [6, 6.07) is 25.8. The van der Waals surface area contributed by atoms with Crippen molar-refractivity contribution >= 4 is 16.9 Å². The molecule has 162 valence electrons. The van der Waals surface area contributed by atoms with Gasteiger partial charge in [0.25, 0.3) is 0 Å². The van der Waals surface area contributed by atoms with Crippen molar-refractivity contribution in [1.82, 2.24) is 14.5 Å². The van der Waals surface area contributed by atoms with Crippen LogP contribution >= 0.6 is 0 Å². The van der Waals surface area contributed by atoms with Gasteiger partial charge in [0, 0.05) is 25.6 Å². The van der Waals surface area contributed by atoms with Gasteiger partial charge in [-0.05, 0) is 36.4 Å². The lowest BCUT2D eigenvalue weighted by atomic mass is 10.2. The van der Waals surface area contributed by atoms with Gasteiger partial charge in [-0.2, -0.15) is 0 Å². The first-order valence-corrected chi connectivity index (χ1v) is 10.8. The lowest BCUT2D eigenvalue weighted by Crippen LogP contribution is -2.41. The van der Waals surface area contributed by atoms with Crippen LogP contribution in [-0.2, 0) is 11.2 Å². The predicted molar refractivity (Wildman–Crippen MR) is 123 cm³/mol. The van der Waals surface area contributed by atoms with Crippen LogP contribution in [0.1, 0.15) is 12.2 Å². The predicted octanol–water partition coefficient (Wildman–Crippen LogP) is 4.26. The van der Waals surface area contributed by atoms with Crippen LogP contribution in [0.15, 0.2) is 78.9 Å². The van der Waals surface area contributed by atoms with E-state index in [1.54, 1.807) is 4.90 Å². The van der Waals surface area contributed by atoms with Gasteiger partial charge in [0.1, 0.15) is 12.4 Å². The fourth-order valence-electron chi connectivity index (χ4n) is 4.08. The summed E-state index contributed by atoms with van der Waals surface area (Å²) >= 11 is 0. The second kappa shape index (κ2) is 8.75. The summed E-state index contributed by atoms with van der Waals surface area (Å²) in [5.41, 5.74) is 3.02. The van der Waals surface area contributed by atoms with Crippen LogP contribution in [0.25, 0.3) is 16.7 Å². The molecule has 1 unspecified atom stereocenters. The minimum Gasteiger partial charge on any atom is -0.486 e. The Morgan fingerprint density at radius 2 is 1.72 bits per heavy atom. The Morgan fingerprint density at radius 1 is 1.00 bits per heavy atom. The highest BCUT2D eigenvalue weighted by molar-refractivity contribution is 5.79. The number of para-hydroxylation sites is 5. The largest absolute Gasteiger partial charge is 0.486 e. The molecule has 0 bridgehead atoms. The van der Waals surface area contributed by atoms with Crippen molar-refractivity contribution in [1.29, 1.82) is 0 Å². The van der Waals surface area contributed by atoms with Gasteiger partial charge in [0.15, 0.2) is 17.6 Å². The third-order valence-corrected chi connectivity index (χ3v) is 5.68. The van der Waals surface area contributed by atoms with E-state index in [9.17, 15) is 4.79 Å². The monoisotopic (exact) mass is 427 g/mol. The van der Waals surface area contributed by atoms with E-state index in [-0.39, 0.29) is 12.0 Å². The van der Waals surface area contributed by atoms with Crippen molar-refractivity contribution in [3.05, 3.63) is 84.7 Å². The van der Waals surface area contributed by atoms with Gasteiger partial charge in [-0.3, -0.25) is 9.36 Å². The second-order valence-electron chi connectivity index (χ2n) is 7.96. The number of fused-ring (bicyclic) bond motifs is 2. The van der Waals surface area contributed by atoms with E-state index in [0.29, 0.717) is 26.0 Å². The molecule has 1 aliphatic rings. The molecular weight excluding hydrogens is 402 g/mol. The van der Waals surface area contributed by atoms with Crippen LogP contribution in [-0.4, -0.2) is 46.7 Å². The molecule has 2 heterocycles. The van der Waals surface area contributed by atoms with Crippen LogP contribution in [0.4, 0.5) is 0 Å². The molecule has 1 amide bonds. The molecule has 3 aromatic carbocycles. The number of aromatic nitrogens is 2. The summed E-state index contributed by atoms with van der Waals surface area (Å²) in [4.78, 5) is 19.4. The van der Waals surface area contributed by atoms with Gasteiger partial charge in [-0.1, -0.05) is 42.5 Å². The van der Waals surface area contributed by atoms with Crippen molar-refractivity contribution in [3.8, 4) is 17.2 Å². The molecule has 1 aliphatic heterocycles. The summed E-state index contributed by atoms with van der Waals surface area (Å²) in [6.07, 6.45) is 0.738. The number of aryl methyl sites for hydroxylation is 1. The van der Waals surface area contributed by atoms with Crippen molar-refractivity contribution in [2.45, 2.75) is 18.9 Å². The molecule has 6 nitrogen and oxygen atoms in total. The van der Waals surface area contributed by atoms with Crippen LogP contribution in [0.5, 0.6) is 11.5 Å². The summed E-state index contributed by atoms with van der Waals surface area (Å²) < 4.78 is 13.9. The number of rotatable bonds is 6. The first-order valence-electron chi connectivity index (χ1n) is 10.8. The van der Waals surface area contributed by atoms with Gasteiger partial charge in [0.2, 0.25) is 5.91 Å². The van der Waals surface area contributed by atoms with E-state index in [2.05, 4.69) is 22.8 Å². The molecular formula is C26H25N3O3. The SMILES string of the molecule is CN(CC1COc2ccccc2O1)C(=O)CCc1nc2ccccc2n1-c1ccccc1. The van der Waals surface area contributed by atoms with E-state index in [4.69, 9.17) is 14.5 Å².